The van der Waals surface area contributed by atoms with Crippen LogP contribution in [0.5, 0.6) is 0 Å². The number of hydrogen-bond donors (Lipinski definition) is 3. The van der Waals surface area contributed by atoms with E-state index in [2.05, 4.69) is 0 Å². The van der Waals surface area contributed by atoms with E-state index < -0.39 is 5.88 Å². The van der Waals surface area contributed by atoms with Crippen LogP contribution in [0.4, 0.5) is 0 Å². The highest BCUT2D eigenvalue weighted by Gasteiger charge is 2.07. The first-order valence-electron chi connectivity index (χ1n) is 4.84. The second kappa shape index (κ2) is 5.19. The summed E-state index contributed by atoms with van der Waals surface area (Å²) < 4.78 is 2.04. The summed E-state index contributed by atoms with van der Waals surface area (Å²) in [6, 6.07) is 3.55. The van der Waals surface area contributed by atoms with Crippen molar-refractivity contribution in [2.45, 2.75) is 19.9 Å². The predicted molar refractivity (Wildman–Crippen MR) is 62.6 cm³/mol. The van der Waals surface area contributed by atoms with Gasteiger partial charge in [0.25, 0.3) is 0 Å². The van der Waals surface area contributed by atoms with E-state index in [-0.39, 0.29) is 15.6 Å². The maximum absolute atomic E-state index is 9.23. The van der Waals surface area contributed by atoms with Crippen molar-refractivity contribution in [3.05, 3.63) is 14.7 Å². The first kappa shape index (κ1) is 12.8. The molecule has 0 aromatic carbocycles. The van der Waals surface area contributed by atoms with E-state index in [9.17, 15) is 5.11 Å². The van der Waals surface area contributed by atoms with E-state index in [1.54, 1.807) is 12.1 Å². The van der Waals surface area contributed by atoms with Crippen LogP contribution >= 0.6 is 11.3 Å². The molecule has 0 bridgehead atoms. The topological polar surface area (TPSA) is 123 Å². The summed E-state index contributed by atoms with van der Waals surface area (Å²) in [7, 11) is 0. The lowest BCUT2D eigenvalue weighted by molar-refractivity contribution is 0.492. The first-order valence-corrected chi connectivity index (χ1v) is 5.65. The Bertz CT molecular complexity index is 662. The van der Waals surface area contributed by atoms with E-state index in [1.807, 2.05) is 6.92 Å². The van der Waals surface area contributed by atoms with Crippen molar-refractivity contribution in [2.24, 2.45) is 5.73 Å². The Balaban J connectivity index is 3.91. The summed E-state index contributed by atoms with van der Waals surface area (Å²) in [6.07, 6.45) is 0.745. The first-order chi connectivity index (χ1) is 8.06. The number of rotatable bonds is 2. The van der Waals surface area contributed by atoms with Crippen molar-refractivity contribution in [3.8, 4) is 12.1 Å². The maximum atomic E-state index is 9.23. The second-order valence-electron chi connectivity index (χ2n) is 3.22. The average Bonchev–Trinajstić information content (AvgIpc) is 2.60. The van der Waals surface area contributed by atoms with Crippen LogP contribution in [0.15, 0.2) is 0 Å². The zero-order chi connectivity index (χ0) is 13.0. The molecule has 7 heteroatoms. The molecule has 0 aliphatic rings. The average molecular weight is 249 g/mol. The molecule has 17 heavy (non-hydrogen) atoms. The monoisotopic (exact) mass is 249 g/mol. The highest BCUT2D eigenvalue weighted by atomic mass is 32.1. The summed E-state index contributed by atoms with van der Waals surface area (Å²) in [4.78, 5) is 0. The number of aliphatic hydroxyl groups is 1. The molecule has 4 N–H and O–H groups in total. The SMILES string of the molecule is CCCn1c(=C(C#N)C#N)s/c(=C(/N)O)c1=N. The molecule has 6 nitrogen and oxygen atoms in total. The zero-order valence-corrected chi connectivity index (χ0v) is 10.0. The molecule has 1 aromatic heterocycles. The lowest BCUT2D eigenvalue weighted by Crippen LogP contribution is -2.34. The number of aromatic nitrogens is 1. The van der Waals surface area contributed by atoms with Gasteiger partial charge in [0.05, 0.1) is 0 Å². The third-order valence-electron chi connectivity index (χ3n) is 2.05. The molecule has 1 aromatic rings. The van der Waals surface area contributed by atoms with Gasteiger partial charge >= 0.3 is 0 Å². The molecular weight excluding hydrogens is 238 g/mol. The van der Waals surface area contributed by atoms with E-state index in [0.29, 0.717) is 11.2 Å². The molecule has 0 saturated heterocycles. The van der Waals surface area contributed by atoms with Crippen molar-refractivity contribution >= 4 is 22.8 Å². The van der Waals surface area contributed by atoms with Gasteiger partial charge < -0.3 is 15.4 Å². The standard InChI is InChI=1S/C10H11N5OS/c1-2-3-15-8(13)7(9(14)16)17-10(15)6(4-11)5-12/h13,16H,2-3,14H2,1H3/b9-7-,13-8?. The minimum absolute atomic E-state index is 0.0230. The lowest BCUT2D eigenvalue weighted by atomic mass is 10.3. The van der Waals surface area contributed by atoms with Crippen molar-refractivity contribution in [1.29, 1.82) is 15.9 Å². The Kier molecular flexibility index (Phi) is 3.91. The Morgan fingerprint density at radius 1 is 1.53 bits per heavy atom. The van der Waals surface area contributed by atoms with Crippen molar-refractivity contribution in [1.82, 2.24) is 4.57 Å². The van der Waals surface area contributed by atoms with Crippen LogP contribution in [0.3, 0.4) is 0 Å². The van der Waals surface area contributed by atoms with Gasteiger partial charge in [0.2, 0.25) is 5.88 Å². The lowest BCUT2D eigenvalue weighted by Gasteiger charge is -1.98. The Hall–Kier alpha value is -2.25. The summed E-state index contributed by atoms with van der Waals surface area (Å²) in [5.74, 6) is -0.466. The van der Waals surface area contributed by atoms with Crippen molar-refractivity contribution < 1.29 is 5.11 Å². The van der Waals surface area contributed by atoms with E-state index in [0.717, 1.165) is 17.8 Å². The molecular formula is C10H11N5OS. The number of nitrogens with one attached hydrogen (secondary N) is 1. The van der Waals surface area contributed by atoms with Gasteiger partial charge in [0, 0.05) is 6.54 Å². The number of aliphatic hydroxyl groups excluding tert-OH is 1. The van der Waals surface area contributed by atoms with Crippen LogP contribution < -0.4 is 20.4 Å². The van der Waals surface area contributed by atoms with Gasteiger partial charge in [-0.15, -0.1) is 11.3 Å². The van der Waals surface area contributed by atoms with Crippen LogP contribution in [-0.4, -0.2) is 9.67 Å². The molecule has 0 aliphatic carbocycles. The van der Waals surface area contributed by atoms with Gasteiger partial charge in [-0.25, -0.2) is 0 Å². The quantitative estimate of drug-likeness (QED) is 0.636. The molecule has 0 spiro atoms. The van der Waals surface area contributed by atoms with Gasteiger partial charge in [-0.2, -0.15) is 10.5 Å². The van der Waals surface area contributed by atoms with Crippen molar-refractivity contribution in [3.63, 3.8) is 0 Å². The summed E-state index contributed by atoms with van der Waals surface area (Å²) in [6.45, 7) is 2.41. The van der Waals surface area contributed by atoms with Gasteiger partial charge in [-0.05, 0) is 6.42 Å². The summed E-state index contributed by atoms with van der Waals surface area (Å²) >= 11 is 0.973. The van der Waals surface area contributed by atoms with Crippen molar-refractivity contribution in [2.75, 3.05) is 0 Å². The predicted octanol–water partition coefficient (Wildman–Crippen LogP) is -0.781. The number of nitrogens with zero attached hydrogens (tertiary/aromatic N) is 3. The van der Waals surface area contributed by atoms with Gasteiger partial charge in [0.15, 0.2) is 5.57 Å². The Morgan fingerprint density at radius 3 is 2.53 bits per heavy atom. The minimum Gasteiger partial charge on any atom is -0.494 e. The highest BCUT2D eigenvalue weighted by molar-refractivity contribution is 7.07. The molecule has 88 valence electrons. The molecule has 0 radical (unpaired) electrons. The van der Waals surface area contributed by atoms with Gasteiger partial charge in [-0.3, -0.25) is 5.41 Å². The van der Waals surface area contributed by atoms with Gasteiger partial charge in [-0.1, -0.05) is 6.92 Å². The van der Waals surface area contributed by atoms with Crippen LogP contribution in [0.25, 0.3) is 11.5 Å². The largest absolute Gasteiger partial charge is 0.494 e. The Labute approximate surface area is 101 Å². The molecule has 0 unspecified atom stereocenters. The zero-order valence-electron chi connectivity index (χ0n) is 9.19. The third-order valence-corrected chi connectivity index (χ3v) is 3.27. The third kappa shape index (κ3) is 2.30. The van der Waals surface area contributed by atoms with Crippen LogP contribution in [-0.2, 0) is 6.54 Å². The molecule has 0 amide bonds. The molecule has 0 fully saturated rings. The minimum atomic E-state index is -0.466. The Morgan fingerprint density at radius 2 is 2.12 bits per heavy atom. The van der Waals surface area contributed by atoms with Gasteiger partial charge in [0.1, 0.15) is 26.8 Å². The number of thiazole rings is 1. The molecule has 0 atom stereocenters. The number of nitrogens with two attached hydrogens (primary N) is 1. The molecule has 1 heterocycles. The van der Waals surface area contributed by atoms with E-state index >= 15 is 0 Å². The second-order valence-corrected chi connectivity index (χ2v) is 4.22. The summed E-state index contributed by atoms with van der Waals surface area (Å²) in [5.41, 5.74) is 5.19. The molecule has 0 aliphatic heterocycles. The van der Waals surface area contributed by atoms with Crippen LogP contribution in [0.2, 0.25) is 0 Å². The molecule has 1 rings (SSSR count). The fourth-order valence-electron chi connectivity index (χ4n) is 1.34. The van der Waals surface area contributed by atoms with E-state index in [1.165, 1.54) is 4.57 Å². The highest BCUT2D eigenvalue weighted by Crippen LogP contribution is 1.90. The number of hydrogen-bond acceptors (Lipinski definition) is 6. The fourth-order valence-corrected chi connectivity index (χ4v) is 2.33. The normalized spacial score (nSPS) is 11.5. The summed E-state index contributed by atoms with van der Waals surface area (Å²) in [5, 5.41) is 34.7. The smallest absolute Gasteiger partial charge is 0.203 e. The maximum Gasteiger partial charge on any atom is 0.203 e. The van der Waals surface area contributed by atoms with Crippen LogP contribution in [0.1, 0.15) is 13.3 Å². The molecule has 0 saturated carbocycles. The van der Waals surface area contributed by atoms with Crippen LogP contribution in [0, 0.1) is 28.1 Å². The van der Waals surface area contributed by atoms with E-state index in [4.69, 9.17) is 21.7 Å². The fraction of sp³-hybridized carbons (Fsp3) is 0.300. The number of nitriles is 2.